The van der Waals surface area contributed by atoms with Crippen molar-refractivity contribution in [3.63, 3.8) is 0 Å². The normalized spacial score (nSPS) is 25.6. The summed E-state index contributed by atoms with van der Waals surface area (Å²) in [6.07, 6.45) is 6.14. The lowest BCUT2D eigenvalue weighted by Crippen LogP contribution is -2.31. The number of hydrogen-bond donors (Lipinski definition) is 2. The minimum atomic E-state index is 0.252. The maximum atomic E-state index is 12.1. The topological polar surface area (TPSA) is 52.6 Å². The highest BCUT2D eigenvalue weighted by Gasteiger charge is 2.26. The Morgan fingerprint density at radius 3 is 2.67 bits per heavy atom. The van der Waals surface area contributed by atoms with Crippen molar-refractivity contribution in [1.29, 1.82) is 0 Å². The standard InChI is InChI=1S/C14H26N2O2/c17-10-6-13-5-9-16(11-13)14(18)2-1-12-3-7-15-8-4-12/h12-13,15,17H,1-11H2. The summed E-state index contributed by atoms with van der Waals surface area (Å²) in [5, 5.41) is 12.3. The molecule has 18 heavy (non-hydrogen) atoms. The Bertz CT molecular complexity index is 265. The van der Waals surface area contributed by atoms with Crippen molar-refractivity contribution >= 4 is 5.91 Å². The first-order chi connectivity index (χ1) is 8.79. The third-order valence-corrected chi connectivity index (χ3v) is 4.40. The van der Waals surface area contributed by atoms with Crippen molar-refractivity contribution in [2.45, 2.75) is 38.5 Å². The summed E-state index contributed by atoms with van der Waals surface area (Å²) >= 11 is 0. The molecule has 0 bridgehead atoms. The number of aliphatic hydroxyl groups is 1. The SMILES string of the molecule is O=C(CCC1CCNCC1)N1CCC(CCO)C1. The fraction of sp³-hybridized carbons (Fsp3) is 0.929. The van der Waals surface area contributed by atoms with Gasteiger partial charge in [0.05, 0.1) is 0 Å². The van der Waals surface area contributed by atoms with E-state index in [4.69, 9.17) is 5.11 Å². The number of amides is 1. The highest BCUT2D eigenvalue weighted by molar-refractivity contribution is 5.76. The average molecular weight is 254 g/mol. The predicted octanol–water partition coefficient (Wildman–Crippen LogP) is 0.997. The molecular weight excluding hydrogens is 228 g/mol. The molecule has 1 amide bonds. The van der Waals surface area contributed by atoms with Crippen LogP contribution in [-0.2, 0) is 4.79 Å². The number of rotatable bonds is 5. The Labute approximate surface area is 110 Å². The smallest absolute Gasteiger partial charge is 0.222 e. The van der Waals surface area contributed by atoms with Gasteiger partial charge in [-0.25, -0.2) is 0 Å². The first kappa shape index (κ1) is 13.8. The van der Waals surface area contributed by atoms with Crippen molar-refractivity contribution in [1.82, 2.24) is 10.2 Å². The zero-order valence-corrected chi connectivity index (χ0v) is 11.2. The minimum Gasteiger partial charge on any atom is -0.396 e. The van der Waals surface area contributed by atoms with Gasteiger partial charge in [-0.15, -0.1) is 0 Å². The molecule has 4 nitrogen and oxygen atoms in total. The highest BCUT2D eigenvalue weighted by Crippen LogP contribution is 2.22. The van der Waals surface area contributed by atoms with Crippen molar-refractivity contribution in [2.75, 3.05) is 32.8 Å². The second kappa shape index (κ2) is 7.10. The minimum absolute atomic E-state index is 0.252. The third kappa shape index (κ3) is 3.95. The maximum Gasteiger partial charge on any atom is 0.222 e. The molecule has 0 radical (unpaired) electrons. The van der Waals surface area contributed by atoms with Crippen LogP contribution in [0.15, 0.2) is 0 Å². The number of piperidine rings is 1. The van der Waals surface area contributed by atoms with Crippen molar-refractivity contribution in [3.05, 3.63) is 0 Å². The van der Waals surface area contributed by atoms with E-state index in [0.29, 0.717) is 11.8 Å². The zero-order valence-electron chi connectivity index (χ0n) is 11.2. The molecule has 2 fully saturated rings. The molecule has 2 aliphatic heterocycles. The molecule has 0 aromatic heterocycles. The number of nitrogens with zero attached hydrogens (tertiary/aromatic N) is 1. The molecule has 0 aromatic carbocycles. The Morgan fingerprint density at radius 2 is 1.94 bits per heavy atom. The van der Waals surface area contributed by atoms with E-state index in [9.17, 15) is 4.79 Å². The van der Waals surface area contributed by atoms with Crippen molar-refractivity contribution in [2.24, 2.45) is 11.8 Å². The molecule has 104 valence electrons. The van der Waals surface area contributed by atoms with E-state index in [2.05, 4.69) is 5.32 Å². The summed E-state index contributed by atoms with van der Waals surface area (Å²) in [4.78, 5) is 14.1. The van der Waals surface area contributed by atoms with Crippen LogP contribution in [0.4, 0.5) is 0 Å². The lowest BCUT2D eigenvalue weighted by Gasteiger charge is -2.23. The first-order valence-corrected chi connectivity index (χ1v) is 7.39. The third-order valence-electron chi connectivity index (χ3n) is 4.40. The van der Waals surface area contributed by atoms with Gasteiger partial charge in [-0.3, -0.25) is 4.79 Å². The molecule has 2 heterocycles. The number of nitrogens with one attached hydrogen (secondary N) is 1. The molecule has 1 unspecified atom stereocenters. The van der Waals surface area contributed by atoms with Gasteiger partial charge in [-0.05, 0) is 57.0 Å². The summed E-state index contributed by atoms with van der Waals surface area (Å²) in [6, 6.07) is 0. The van der Waals surface area contributed by atoms with Crippen LogP contribution < -0.4 is 5.32 Å². The fourth-order valence-corrected chi connectivity index (χ4v) is 3.13. The molecule has 2 rings (SSSR count). The van der Waals surface area contributed by atoms with Crippen LogP contribution in [-0.4, -0.2) is 48.7 Å². The van der Waals surface area contributed by atoms with Crippen molar-refractivity contribution in [3.8, 4) is 0 Å². The van der Waals surface area contributed by atoms with Crippen molar-refractivity contribution < 1.29 is 9.90 Å². The molecule has 1 atom stereocenters. The Kier molecular flexibility index (Phi) is 5.45. The average Bonchev–Trinajstić information content (AvgIpc) is 2.86. The number of carbonyl (C=O) groups excluding carboxylic acids is 1. The summed E-state index contributed by atoms with van der Waals surface area (Å²) in [6.45, 7) is 4.24. The summed E-state index contributed by atoms with van der Waals surface area (Å²) in [7, 11) is 0. The summed E-state index contributed by atoms with van der Waals surface area (Å²) < 4.78 is 0. The molecule has 2 saturated heterocycles. The molecule has 0 spiro atoms. The van der Waals surface area contributed by atoms with Gasteiger partial charge < -0.3 is 15.3 Å². The maximum absolute atomic E-state index is 12.1. The summed E-state index contributed by atoms with van der Waals surface area (Å²) in [5.41, 5.74) is 0. The molecule has 0 aliphatic carbocycles. The molecule has 2 aliphatic rings. The number of likely N-dealkylation sites (tertiary alicyclic amines) is 1. The molecular formula is C14H26N2O2. The van der Waals surface area contributed by atoms with Gasteiger partial charge >= 0.3 is 0 Å². The van der Waals surface area contributed by atoms with Gasteiger partial charge in [0.15, 0.2) is 0 Å². The van der Waals surface area contributed by atoms with Gasteiger partial charge in [-0.2, -0.15) is 0 Å². The molecule has 4 heteroatoms. The monoisotopic (exact) mass is 254 g/mol. The van der Waals surface area contributed by atoms with Gasteiger partial charge in [-0.1, -0.05) is 0 Å². The quantitative estimate of drug-likeness (QED) is 0.769. The number of aliphatic hydroxyl groups excluding tert-OH is 1. The largest absolute Gasteiger partial charge is 0.396 e. The Morgan fingerprint density at radius 1 is 1.17 bits per heavy atom. The molecule has 2 N–H and O–H groups in total. The lowest BCUT2D eigenvalue weighted by molar-refractivity contribution is -0.130. The molecule has 0 saturated carbocycles. The van der Waals surface area contributed by atoms with Crippen LogP contribution >= 0.6 is 0 Å². The van der Waals surface area contributed by atoms with Crippen LogP contribution in [0.1, 0.15) is 38.5 Å². The Balaban J connectivity index is 1.65. The van der Waals surface area contributed by atoms with Gasteiger partial charge in [0, 0.05) is 26.1 Å². The van der Waals surface area contributed by atoms with E-state index in [0.717, 1.165) is 57.8 Å². The molecule has 0 aromatic rings. The number of carbonyl (C=O) groups is 1. The van der Waals surface area contributed by atoms with Crippen LogP contribution in [0, 0.1) is 11.8 Å². The lowest BCUT2D eigenvalue weighted by atomic mass is 9.93. The summed E-state index contributed by atoms with van der Waals surface area (Å²) in [5.74, 6) is 1.60. The fourth-order valence-electron chi connectivity index (χ4n) is 3.13. The van der Waals surface area contributed by atoms with E-state index >= 15 is 0 Å². The van der Waals surface area contributed by atoms with E-state index in [1.165, 1.54) is 12.8 Å². The van der Waals surface area contributed by atoms with Crippen LogP contribution in [0.5, 0.6) is 0 Å². The van der Waals surface area contributed by atoms with E-state index < -0.39 is 0 Å². The Hall–Kier alpha value is -0.610. The van der Waals surface area contributed by atoms with Gasteiger partial charge in [0.1, 0.15) is 0 Å². The predicted molar refractivity (Wildman–Crippen MR) is 71.2 cm³/mol. The second-order valence-electron chi connectivity index (χ2n) is 5.74. The zero-order chi connectivity index (χ0) is 12.8. The van der Waals surface area contributed by atoms with Crippen LogP contribution in [0.2, 0.25) is 0 Å². The van der Waals surface area contributed by atoms with E-state index in [1.54, 1.807) is 0 Å². The van der Waals surface area contributed by atoms with Gasteiger partial charge in [0.2, 0.25) is 5.91 Å². The highest BCUT2D eigenvalue weighted by atomic mass is 16.3. The van der Waals surface area contributed by atoms with E-state index in [-0.39, 0.29) is 6.61 Å². The second-order valence-corrected chi connectivity index (χ2v) is 5.74. The van der Waals surface area contributed by atoms with Gasteiger partial charge in [0.25, 0.3) is 0 Å². The van der Waals surface area contributed by atoms with Crippen LogP contribution in [0.25, 0.3) is 0 Å². The first-order valence-electron chi connectivity index (χ1n) is 7.39. The van der Waals surface area contributed by atoms with E-state index in [1.807, 2.05) is 4.90 Å². The number of hydrogen-bond acceptors (Lipinski definition) is 3. The van der Waals surface area contributed by atoms with Crippen LogP contribution in [0.3, 0.4) is 0 Å².